The minimum atomic E-state index is -0.346. The van der Waals surface area contributed by atoms with Crippen LogP contribution in [-0.2, 0) is 11.2 Å². The zero-order chi connectivity index (χ0) is 16.7. The second-order valence-corrected chi connectivity index (χ2v) is 5.21. The van der Waals surface area contributed by atoms with Crippen LogP contribution in [0.4, 0.5) is 4.39 Å². The third-order valence-electron chi connectivity index (χ3n) is 3.45. The smallest absolute Gasteiger partial charge is 0.244 e. The van der Waals surface area contributed by atoms with Gasteiger partial charge < -0.3 is 10.1 Å². The fraction of sp³-hybridized carbons (Fsp3) is 0.211. The van der Waals surface area contributed by atoms with Crippen LogP contribution < -0.4 is 10.1 Å². The Balaban J connectivity index is 1.88. The quantitative estimate of drug-likeness (QED) is 0.829. The molecular formula is C19H20FNO2. The van der Waals surface area contributed by atoms with E-state index in [2.05, 4.69) is 5.32 Å². The fourth-order valence-electron chi connectivity index (χ4n) is 2.26. The molecule has 0 fully saturated rings. The van der Waals surface area contributed by atoms with Gasteiger partial charge in [-0.05, 0) is 37.1 Å². The van der Waals surface area contributed by atoms with Gasteiger partial charge in [-0.15, -0.1) is 0 Å². The van der Waals surface area contributed by atoms with Gasteiger partial charge in [-0.3, -0.25) is 4.79 Å². The van der Waals surface area contributed by atoms with E-state index in [1.165, 1.54) is 18.2 Å². The highest BCUT2D eigenvalue weighted by atomic mass is 19.1. The monoisotopic (exact) mass is 313 g/mol. The predicted molar refractivity (Wildman–Crippen MR) is 89.9 cm³/mol. The van der Waals surface area contributed by atoms with Gasteiger partial charge in [0.05, 0.1) is 7.11 Å². The topological polar surface area (TPSA) is 38.3 Å². The summed E-state index contributed by atoms with van der Waals surface area (Å²) in [7, 11) is 1.63. The van der Waals surface area contributed by atoms with Crippen molar-refractivity contribution < 1.29 is 13.9 Å². The van der Waals surface area contributed by atoms with Crippen LogP contribution in [-0.4, -0.2) is 19.6 Å². The first-order chi connectivity index (χ1) is 11.1. The second kappa shape index (κ2) is 8.13. The fourth-order valence-corrected chi connectivity index (χ4v) is 2.26. The second-order valence-electron chi connectivity index (χ2n) is 5.21. The average molecular weight is 313 g/mol. The minimum absolute atomic E-state index is 0.250. The Morgan fingerprint density at radius 3 is 2.78 bits per heavy atom. The summed E-state index contributed by atoms with van der Waals surface area (Å²) < 4.78 is 18.7. The van der Waals surface area contributed by atoms with Gasteiger partial charge in [0.1, 0.15) is 11.6 Å². The molecule has 120 valence electrons. The molecule has 0 unspecified atom stereocenters. The van der Waals surface area contributed by atoms with Crippen molar-refractivity contribution in [1.82, 2.24) is 5.32 Å². The van der Waals surface area contributed by atoms with E-state index in [9.17, 15) is 9.18 Å². The van der Waals surface area contributed by atoms with E-state index < -0.39 is 0 Å². The van der Waals surface area contributed by atoms with Gasteiger partial charge in [-0.2, -0.15) is 0 Å². The summed E-state index contributed by atoms with van der Waals surface area (Å²) in [5.41, 5.74) is 2.58. The molecule has 0 radical (unpaired) electrons. The van der Waals surface area contributed by atoms with E-state index in [0.717, 1.165) is 16.9 Å². The van der Waals surface area contributed by atoms with Crippen LogP contribution in [0.3, 0.4) is 0 Å². The van der Waals surface area contributed by atoms with Gasteiger partial charge in [0.15, 0.2) is 0 Å². The first kappa shape index (κ1) is 16.7. The number of nitrogens with one attached hydrogen (secondary N) is 1. The van der Waals surface area contributed by atoms with Crippen LogP contribution in [0.15, 0.2) is 48.5 Å². The molecule has 3 nitrogen and oxygen atoms in total. The van der Waals surface area contributed by atoms with E-state index >= 15 is 0 Å². The van der Waals surface area contributed by atoms with Gasteiger partial charge in [0.2, 0.25) is 5.91 Å². The summed E-state index contributed by atoms with van der Waals surface area (Å²) in [6, 6.07) is 12.3. The summed E-state index contributed by atoms with van der Waals surface area (Å²) in [4.78, 5) is 11.8. The van der Waals surface area contributed by atoms with Crippen LogP contribution in [0.25, 0.3) is 6.08 Å². The van der Waals surface area contributed by atoms with E-state index in [0.29, 0.717) is 18.5 Å². The molecule has 0 atom stereocenters. The van der Waals surface area contributed by atoms with Crippen molar-refractivity contribution in [2.24, 2.45) is 0 Å². The van der Waals surface area contributed by atoms with Crippen molar-refractivity contribution in [3.8, 4) is 5.75 Å². The maximum Gasteiger partial charge on any atom is 0.244 e. The molecule has 1 N–H and O–H groups in total. The zero-order valence-corrected chi connectivity index (χ0v) is 13.3. The number of aryl methyl sites for hydroxylation is 1. The number of methoxy groups -OCH3 is 1. The lowest BCUT2D eigenvalue weighted by Gasteiger charge is -2.09. The van der Waals surface area contributed by atoms with Gasteiger partial charge in [0.25, 0.3) is 0 Å². The largest absolute Gasteiger partial charge is 0.496 e. The Morgan fingerprint density at radius 2 is 2.04 bits per heavy atom. The molecule has 0 heterocycles. The van der Waals surface area contributed by atoms with Crippen molar-refractivity contribution in [3.05, 3.63) is 71.0 Å². The lowest BCUT2D eigenvalue weighted by Crippen LogP contribution is -2.23. The number of benzene rings is 2. The van der Waals surface area contributed by atoms with Crippen LogP contribution in [0, 0.1) is 12.7 Å². The van der Waals surface area contributed by atoms with Crippen molar-refractivity contribution in [3.63, 3.8) is 0 Å². The summed E-state index contributed by atoms with van der Waals surface area (Å²) >= 11 is 0. The SMILES string of the molecule is COc1ccc(C)cc1CCNC(=O)/C=C/c1ccccc1F. The number of carbonyl (C=O) groups is 1. The Bertz CT molecular complexity index is 710. The molecule has 4 heteroatoms. The van der Waals surface area contributed by atoms with E-state index in [-0.39, 0.29) is 11.7 Å². The Hall–Kier alpha value is -2.62. The predicted octanol–water partition coefficient (Wildman–Crippen LogP) is 3.51. The lowest BCUT2D eigenvalue weighted by atomic mass is 10.1. The van der Waals surface area contributed by atoms with Crippen molar-refractivity contribution >= 4 is 12.0 Å². The molecule has 2 aromatic rings. The van der Waals surface area contributed by atoms with Gasteiger partial charge in [0, 0.05) is 18.2 Å². The van der Waals surface area contributed by atoms with Crippen LogP contribution in [0.5, 0.6) is 5.75 Å². The number of halogens is 1. The molecular weight excluding hydrogens is 293 g/mol. The summed E-state index contributed by atoms with van der Waals surface area (Å²) in [5, 5.41) is 2.79. The highest BCUT2D eigenvalue weighted by Gasteiger charge is 2.04. The molecule has 0 aliphatic heterocycles. The number of hydrogen-bond acceptors (Lipinski definition) is 2. The minimum Gasteiger partial charge on any atom is -0.496 e. The third kappa shape index (κ3) is 4.95. The molecule has 0 saturated carbocycles. The molecule has 0 aromatic heterocycles. The van der Waals surface area contributed by atoms with Gasteiger partial charge in [-0.1, -0.05) is 35.9 Å². The molecule has 2 rings (SSSR count). The summed E-state index contributed by atoms with van der Waals surface area (Å²) in [6.07, 6.45) is 3.48. The van der Waals surface area contributed by atoms with Crippen molar-refractivity contribution in [2.75, 3.05) is 13.7 Å². The zero-order valence-electron chi connectivity index (χ0n) is 13.3. The van der Waals surface area contributed by atoms with E-state index in [4.69, 9.17) is 4.74 Å². The molecule has 23 heavy (non-hydrogen) atoms. The Morgan fingerprint density at radius 1 is 1.26 bits per heavy atom. The Kier molecular flexibility index (Phi) is 5.92. The maximum atomic E-state index is 13.4. The molecule has 0 aliphatic carbocycles. The number of ether oxygens (including phenoxy) is 1. The number of rotatable bonds is 6. The molecule has 0 spiro atoms. The molecule has 2 aromatic carbocycles. The maximum absolute atomic E-state index is 13.4. The van der Waals surface area contributed by atoms with Crippen LogP contribution in [0.2, 0.25) is 0 Å². The van der Waals surface area contributed by atoms with Crippen LogP contribution >= 0.6 is 0 Å². The molecule has 0 saturated heterocycles. The van der Waals surface area contributed by atoms with Gasteiger partial charge in [-0.25, -0.2) is 4.39 Å². The van der Waals surface area contributed by atoms with Crippen molar-refractivity contribution in [2.45, 2.75) is 13.3 Å². The highest BCUT2D eigenvalue weighted by molar-refractivity contribution is 5.91. The van der Waals surface area contributed by atoms with Crippen molar-refractivity contribution in [1.29, 1.82) is 0 Å². The molecule has 0 aliphatic rings. The lowest BCUT2D eigenvalue weighted by molar-refractivity contribution is -0.116. The standard InChI is InChI=1S/C19H20FNO2/c1-14-7-9-18(23-2)16(13-14)11-12-21-19(22)10-8-15-5-3-4-6-17(15)20/h3-10,13H,11-12H2,1-2H3,(H,21,22)/b10-8+. The molecule has 1 amide bonds. The first-order valence-electron chi connectivity index (χ1n) is 7.44. The average Bonchev–Trinajstić information content (AvgIpc) is 2.54. The Labute approximate surface area is 135 Å². The highest BCUT2D eigenvalue weighted by Crippen LogP contribution is 2.19. The van der Waals surface area contributed by atoms with E-state index in [1.54, 1.807) is 25.3 Å². The number of carbonyl (C=O) groups excluding carboxylic acids is 1. The summed E-state index contributed by atoms with van der Waals surface area (Å²) in [6.45, 7) is 2.50. The molecule has 0 bridgehead atoms. The first-order valence-corrected chi connectivity index (χ1v) is 7.44. The van der Waals surface area contributed by atoms with Gasteiger partial charge >= 0.3 is 0 Å². The summed E-state index contributed by atoms with van der Waals surface area (Å²) in [5.74, 6) is 0.215. The third-order valence-corrected chi connectivity index (χ3v) is 3.45. The van der Waals surface area contributed by atoms with E-state index in [1.807, 2.05) is 25.1 Å². The number of amides is 1. The van der Waals surface area contributed by atoms with Crippen LogP contribution in [0.1, 0.15) is 16.7 Å². The normalized spacial score (nSPS) is 10.7. The number of hydrogen-bond donors (Lipinski definition) is 1.